The van der Waals surface area contributed by atoms with Crippen LogP contribution in [-0.2, 0) is 4.74 Å². The number of nitriles is 1. The van der Waals surface area contributed by atoms with E-state index in [0.29, 0.717) is 5.92 Å². The molecule has 2 nitrogen and oxygen atoms in total. The molecule has 0 N–H and O–H groups in total. The Bertz CT molecular complexity index is 474. The van der Waals surface area contributed by atoms with E-state index in [-0.39, 0.29) is 5.41 Å². The van der Waals surface area contributed by atoms with E-state index in [1.54, 1.807) is 0 Å². The summed E-state index contributed by atoms with van der Waals surface area (Å²) in [5.41, 5.74) is 1.30. The maximum Gasteiger partial charge on any atom is 0.0691 e. The van der Waals surface area contributed by atoms with Crippen LogP contribution >= 0.6 is 11.8 Å². The summed E-state index contributed by atoms with van der Waals surface area (Å²) in [5.74, 6) is 1.67. The van der Waals surface area contributed by atoms with Gasteiger partial charge in [0.15, 0.2) is 0 Å². The number of thioether (sulfide) groups is 1. The highest BCUT2D eigenvalue weighted by Crippen LogP contribution is 2.47. The second kappa shape index (κ2) is 4.95. The van der Waals surface area contributed by atoms with E-state index >= 15 is 0 Å². The van der Waals surface area contributed by atoms with Gasteiger partial charge in [-0.3, -0.25) is 0 Å². The zero-order valence-corrected chi connectivity index (χ0v) is 11.2. The highest BCUT2D eigenvalue weighted by atomic mass is 32.2. The molecule has 0 spiro atoms. The van der Waals surface area contributed by atoms with E-state index in [2.05, 4.69) is 30.3 Å². The Kier molecular flexibility index (Phi) is 3.32. The second-order valence-corrected chi connectivity index (χ2v) is 6.32. The van der Waals surface area contributed by atoms with Crippen LogP contribution in [0.5, 0.6) is 0 Å². The predicted octanol–water partition coefficient (Wildman–Crippen LogP) is 3.59. The summed E-state index contributed by atoms with van der Waals surface area (Å²) in [6.07, 6.45) is 2.79. The molecule has 1 aromatic rings. The summed E-state index contributed by atoms with van der Waals surface area (Å²) in [5, 5.41) is 9.54. The van der Waals surface area contributed by atoms with Crippen molar-refractivity contribution in [3.05, 3.63) is 29.8 Å². The maximum absolute atomic E-state index is 9.54. The third-order valence-electron chi connectivity index (χ3n) is 4.12. The van der Waals surface area contributed by atoms with Gasteiger partial charge < -0.3 is 4.74 Å². The first-order valence-corrected chi connectivity index (χ1v) is 7.52. The normalized spacial score (nSPS) is 25.4. The van der Waals surface area contributed by atoms with Crippen molar-refractivity contribution < 1.29 is 4.74 Å². The number of benzene rings is 1. The van der Waals surface area contributed by atoms with Crippen LogP contribution in [0.25, 0.3) is 0 Å². The van der Waals surface area contributed by atoms with Gasteiger partial charge in [-0.2, -0.15) is 5.26 Å². The molecule has 2 heterocycles. The molecule has 18 heavy (non-hydrogen) atoms. The first kappa shape index (κ1) is 12.1. The van der Waals surface area contributed by atoms with Crippen molar-refractivity contribution in [2.24, 2.45) is 5.41 Å². The lowest BCUT2D eigenvalue weighted by Gasteiger charge is -2.32. The quantitative estimate of drug-likeness (QED) is 0.813. The van der Waals surface area contributed by atoms with Gasteiger partial charge in [0.25, 0.3) is 0 Å². The van der Waals surface area contributed by atoms with Crippen LogP contribution in [-0.4, -0.2) is 19.0 Å². The van der Waals surface area contributed by atoms with Crippen molar-refractivity contribution in [3.63, 3.8) is 0 Å². The number of ether oxygens (including phenoxy) is 1. The lowest BCUT2D eigenvalue weighted by molar-refractivity contribution is 0.0348. The first-order chi connectivity index (χ1) is 8.83. The molecule has 1 saturated heterocycles. The molecule has 94 valence electrons. The van der Waals surface area contributed by atoms with Crippen molar-refractivity contribution in [1.29, 1.82) is 5.26 Å². The van der Waals surface area contributed by atoms with Crippen LogP contribution in [0.4, 0.5) is 0 Å². The van der Waals surface area contributed by atoms with Gasteiger partial charge >= 0.3 is 0 Å². The first-order valence-electron chi connectivity index (χ1n) is 6.54. The fourth-order valence-corrected chi connectivity index (χ4v) is 4.25. The molecule has 0 bridgehead atoms. The van der Waals surface area contributed by atoms with Crippen LogP contribution in [0.15, 0.2) is 29.2 Å². The molecule has 3 rings (SSSR count). The van der Waals surface area contributed by atoms with Crippen LogP contribution in [0.2, 0.25) is 0 Å². The zero-order valence-electron chi connectivity index (χ0n) is 10.4. The van der Waals surface area contributed by atoms with E-state index in [9.17, 15) is 5.26 Å². The van der Waals surface area contributed by atoms with Gasteiger partial charge in [-0.05, 0) is 36.8 Å². The van der Waals surface area contributed by atoms with Crippen LogP contribution in [0.3, 0.4) is 0 Å². The van der Waals surface area contributed by atoms with Gasteiger partial charge in [-0.25, -0.2) is 0 Å². The summed E-state index contributed by atoms with van der Waals surface area (Å²) in [4.78, 5) is 1.41. The van der Waals surface area contributed by atoms with E-state index in [4.69, 9.17) is 4.74 Å². The summed E-state index contributed by atoms with van der Waals surface area (Å²) in [7, 11) is 0. The summed E-state index contributed by atoms with van der Waals surface area (Å²) in [6, 6.07) is 11.2. The minimum absolute atomic E-state index is 0.152. The second-order valence-electron chi connectivity index (χ2n) is 5.25. The van der Waals surface area contributed by atoms with Crippen LogP contribution < -0.4 is 0 Å². The fourth-order valence-electron chi connectivity index (χ4n) is 2.99. The molecule has 0 aliphatic carbocycles. The number of fused-ring (bicyclic) bond motifs is 1. The van der Waals surface area contributed by atoms with E-state index in [1.807, 2.05) is 11.8 Å². The summed E-state index contributed by atoms with van der Waals surface area (Å²) < 4.78 is 5.40. The largest absolute Gasteiger partial charge is 0.381 e. The van der Waals surface area contributed by atoms with Crippen molar-refractivity contribution in [2.75, 3.05) is 19.0 Å². The van der Waals surface area contributed by atoms with Crippen LogP contribution in [0, 0.1) is 16.7 Å². The monoisotopic (exact) mass is 259 g/mol. The Morgan fingerprint density at radius 3 is 2.89 bits per heavy atom. The molecule has 0 amide bonds. The smallest absolute Gasteiger partial charge is 0.0691 e. The fraction of sp³-hybridized carbons (Fsp3) is 0.533. The lowest BCUT2D eigenvalue weighted by Crippen LogP contribution is -2.30. The van der Waals surface area contributed by atoms with Gasteiger partial charge in [0.05, 0.1) is 11.5 Å². The van der Waals surface area contributed by atoms with Crippen molar-refractivity contribution in [3.8, 4) is 6.07 Å². The Morgan fingerprint density at radius 1 is 1.33 bits per heavy atom. The minimum Gasteiger partial charge on any atom is -0.381 e. The predicted molar refractivity (Wildman–Crippen MR) is 72.6 cm³/mol. The molecule has 0 saturated carbocycles. The number of hydrogen-bond donors (Lipinski definition) is 0. The number of nitrogens with zero attached hydrogens (tertiary/aromatic N) is 1. The third kappa shape index (κ3) is 2.15. The standard InChI is InChI=1S/C15H17NOS/c16-11-15(5-7-17-8-6-15)9-12-10-18-14-4-2-1-3-13(12)14/h1-4,12H,5-10H2. The maximum atomic E-state index is 9.54. The van der Waals surface area contributed by atoms with E-state index in [0.717, 1.165) is 38.2 Å². The number of hydrogen-bond acceptors (Lipinski definition) is 3. The van der Waals surface area contributed by atoms with Gasteiger partial charge in [-0.15, -0.1) is 11.8 Å². The van der Waals surface area contributed by atoms with Gasteiger partial charge in [0, 0.05) is 23.9 Å². The minimum atomic E-state index is -0.152. The Morgan fingerprint density at radius 2 is 2.11 bits per heavy atom. The molecule has 1 aromatic carbocycles. The molecular weight excluding hydrogens is 242 g/mol. The van der Waals surface area contributed by atoms with Crippen molar-refractivity contribution >= 4 is 11.8 Å². The Hall–Kier alpha value is -0.980. The molecule has 1 atom stereocenters. The molecule has 1 fully saturated rings. The highest BCUT2D eigenvalue weighted by Gasteiger charge is 2.37. The molecule has 2 aliphatic heterocycles. The van der Waals surface area contributed by atoms with E-state index in [1.165, 1.54) is 10.5 Å². The summed E-state index contributed by atoms with van der Waals surface area (Å²) >= 11 is 1.93. The zero-order chi connectivity index (χ0) is 12.4. The van der Waals surface area contributed by atoms with E-state index < -0.39 is 0 Å². The number of rotatable bonds is 2. The Labute approximate surface area is 112 Å². The average Bonchev–Trinajstić information content (AvgIpc) is 2.83. The molecular formula is C15H17NOS. The molecule has 2 aliphatic rings. The molecule has 0 aromatic heterocycles. The Balaban J connectivity index is 1.79. The van der Waals surface area contributed by atoms with Crippen molar-refractivity contribution in [2.45, 2.75) is 30.1 Å². The van der Waals surface area contributed by atoms with Gasteiger partial charge in [0.2, 0.25) is 0 Å². The average molecular weight is 259 g/mol. The lowest BCUT2D eigenvalue weighted by atomic mass is 9.73. The third-order valence-corrected chi connectivity index (χ3v) is 5.37. The van der Waals surface area contributed by atoms with Crippen LogP contribution in [0.1, 0.15) is 30.7 Å². The topological polar surface area (TPSA) is 33.0 Å². The van der Waals surface area contributed by atoms with Crippen molar-refractivity contribution in [1.82, 2.24) is 0 Å². The van der Waals surface area contributed by atoms with Gasteiger partial charge in [-0.1, -0.05) is 18.2 Å². The molecule has 1 unspecified atom stereocenters. The SMILES string of the molecule is N#CC1(CC2CSc3ccccc32)CCOCC1. The van der Waals surface area contributed by atoms with Gasteiger partial charge in [0.1, 0.15) is 0 Å². The molecule has 3 heteroatoms. The molecule has 0 radical (unpaired) electrons. The summed E-state index contributed by atoms with van der Waals surface area (Å²) in [6.45, 7) is 1.49. The highest BCUT2D eigenvalue weighted by molar-refractivity contribution is 7.99.